The molecule has 3 aromatic rings. The zero-order chi connectivity index (χ0) is 22.8. The van der Waals surface area contributed by atoms with Crippen molar-refractivity contribution in [1.82, 2.24) is 14.8 Å². The van der Waals surface area contributed by atoms with Crippen molar-refractivity contribution in [1.29, 1.82) is 5.26 Å². The first-order valence-electron chi connectivity index (χ1n) is 9.95. The Morgan fingerprint density at radius 1 is 1.25 bits per heavy atom. The number of hydrogen-bond donors (Lipinski definition) is 0. The second kappa shape index (κ2) is 9.14. The Labute approximate surface area is 196 Å². The van der Waals surface area contributed by atoms with Crippen LogP contribution < -0.4 is 4.18 Å². The SMILES string of the molecule is CS(=O)(=O)Oc1ccc(SCc2cc(Cn3cncn3)cc(C3(C#N)CCC3)c2)cc1Cl. The van der Waals surface area contributed by atoms with Gasteiger partial charge < -0.3 is 4.18 Å². The highest BCUT2D eigenvalue weighted by Crippen LogP contribution is 2.44. The molecule has 1 aliphatic rings. The summed E-state index contributed by atoms with van der Waals surface area (Å²) in [5.74, 6) is 0.777. The molecular weight excluding hydrogens is 468 g/mol. The van der Waals surface area contributed by atoms with Gasteiger partial charge in [-0.25, -0.2) is 9.67 Å². The molecule has 0 spiro atoms. The van der Waals surface area contributed by atoms with Crippen molar-refractivity contribution in [2.24, 2.45) is 0 Å². The molecule has 0 amide bonds. The molecule has 1 fully saturated rings. The van der Waals surface area contributed by atoms with Gasteiger partial charge in [0.1, 0.15) is 12.7 Å². The minimum atomic E-state index is -3.64. The molecule has 1 saturated carbocycles. The Bertz CT molecular complexity index is 1270. The summed E-state index contributed by atoms with van der Waals surface area (Å²) >= 11 is 7.77. The average molecular weight is 489 g/mol. The summed E-state index contributed by atoms with van der Waals surface area (Å²) in [7, 11) is -3.64. The van der Waals surface area contributed by atoms with Gasteiger partial charge in [-0.15, -0.1) is 11.8 Å². The van der Waals surface area contributed by atoms with E-state index in [0.717, 1.165) is 47.1 Å². The quantitative estimate of drug-likeness (QED) is 0.338. The fourth-order valence-electron chi connectivity index (χ4n) is 3.68. The number of rotatable bonds is 8. The first-order chi connectivity index (χ1) is 15.3. The fraction of sp³-hybridized carbons (Fsp3) is 0.318. The van der Waals surface area contributed by atoms with E-state index in [2.05, 4.69) is 34.4 Å². The van der Waals surface area contributed by atoms with E-state index in [0.29, 0.717) is 12.3 Å². The Balaban J connectivity index is 1.56. The van der Waals surface area contributed by atoms with E-state index in [4.69, 9.17) is 15.8 Å². The van der Waals surface area contributed by atoms with Crippen LogP contribution in [-0.4, -0.2) is 29.4 Å². The molecule has 0 aliphatic heterocycles. The van der Waals surface area contributed by atoms with E-state index in [1.54, 1.807) is 41.0 Å². The van der Waals surface area contributed by atoms with Gasteiger partial charge in [0, 0.05) is 10.6 Å². The maximum Gasteiger partial charge on any atom is 0.306 e. The average Bonchev–Trinajstić information content (AvgIpc) is 3.20. The van der Waals surface area contributed by atoms with Crippen LogP contribution in [0.2, 0.25) is 5.02 Å². The Morgan fingerprint density at radius 2 is 2.03 bits per heavy atom. The van der Waals surface area contributed by atoms with Gasteiger partial charge in [-0.3, -0.25) is 0 Å². The van der Waals surface area contributed by atoms with Gasteiger partial charge in [-0.2, -0.15) is 18.8 Å². The van der Waals surface area contributed by atoms with Crippen LogP contribution in [-0.2, 0) is 27.8 Å². The number of thioether (sulfide) groups is 1. The zero-order valence-corrected chi connectivity index (χ0v) is 19.8. The zero-order valence-electron chi connectivity index (χ0n) is 17.4. The van der Waals surface area contributed by atoms with Crippen molar-refractivity contribution in [3.63, 3.8) is 0 Å². The van der Waals surface area contributed by atoms with Crippen LogP contribution in [0.15, 0.2) is 53.9 Å². The highest BCUT2D eigenvalue weighted by molar-refractivity contribution is 7.98. The second-order valence-electron chi connectivity index (χ2n) is 7.85. The molecule has 1 aromatic heterocycles. The molecule has 1 heterocycles. The van der Waals surface area contributed by atoms with Crippen molar-refractivity contribution in [3.05, 3.63) is 70.8 Å². The lowest BCUT2D eigenvalue weighted by molar-refractivity contribution is 0.323. The predicted octanol–water partition coefficient (Wildman–Crippen LogP) is 4.56. The summed E-state index contributed by atoms with van der Waals surface area (Å²) in [6.07, 6.45) is 6.97. The fourth-order valence-corrected chi connectivity index (χ4v) is 5.35. The molecular formula is C22H21ClN4O3S2. The molecule has 0 saturated heterocycles. The van der Waals surface area contributed by atoms with Crippen molar-refractivity contribution in [2.45, 2.75) is 41.9 Å². The van der Waals surface area contributed by atoms with Crippen LogP contribution in [0.3, 0.4) is 0 Å². The number of nitriles is 1. The van der Waals surface area contributed by atoms with Crippen molar-refractivity contribution in [2.75, 3.05) is 6.26 Å². The number of benzene rings is 2. The molecule has 1 aliphatic carbocycles. The summed E-state index contributed by atoms with van der Waals surface area (Å²) in [6, 6.07) is 13.9. The molecule has 0 unspecified atom stereocenters. The summed E-state index contributed by atoms with van der Waals surface area (Å²) < 4.78 is 29.3. The molecule has 10 heteroatoms. The third-order valence-corrected chi connectivity index (χ3v) is 7.23. The van der Waals surface area contributed by atoms with E-state index < -0.39 is 15.5 Å². The van der Waals surface area contributed by atoms with E-state index in [9.17, 15) is 13.7 Å². The van der Waals surface area contributed by atoms with E-state index in [-0.39, 0.29) is 10.8 Å². The van der Waals surface area contributed by atoms with Gasteiger partial charge in [0.2, 0.25) is 0 Å². The molecule has 166 valence electrons. The minimum absolute atomic E-state index is 0.108. The van der Waals surface area contributed by atoms with E-state index >= 15 is 0 Å². The molecule has 32 heavy (non-hydrogen) atoms. The smallest absolute Gasteiger partial charge is 0.306 e. The predicted molar refractivity (Wildman–Crippen MR) is 123 cm³/mol. The monoisotopic (exact) mass is 488 g/mol. The second-order valence-corrected chi connectivity index (χ2v) is 10.9. The third-order valence-electron chi connectivity index (χ3n) is 5.39. The largest absolute Gasteiger partial charge is 0.381 e. The van der Waals surface area contributed by atoms with Gasteiger partial charge in [0.05, 0.1) is 29.3 Å². The van der Waals surface area contributed by atoms with Crippen LogP contribution in [0.1, 0.15) is 36.0 Å². The van der Waals surface area contributed by atoms with Gasteiger partial charge in [-0.05, 0) is 54.2 Å². The van der Waals surface area contributed by atoms with Crippen LogP contribution in [0.5, 0.6) is 5.75 Å². The topological polar surface area (TPSA) is 97.9 Å². The van der Waals surface area contributed by atoms with Gasteiger partial charge in [0.15, 0.2) is 5.75 Å². The molecule has 0 radical (unpaired) electrons. The van der Waals surface area contributed by atoms with E-state index in [1.807, 2.05) is 0 Å². The molecule has 0 atom stereocenters. The van der Waals surface area contributed by atoms with E-state index in [1.165, 1.54) is 6.33 Å². The third kappa shape index (κ3) is 5.26. The van der Waals surface area contributed by atoms with Crippen LogP contribution in [0.25, 0.3) is 0 Å². The summed E-state index contributed by atoms with van der Waals surface area (Å²) in [6.45, 7) is 0.580. The molecule has 2 aromatic carbocycles. The van der Waals surface area contributed by atoms with Crippen molar-refractivity contribution >= 4 is 33.5 Å². The molecule has 7 nitrogen and oxygen atoms in total. The highest BCUT2D eigenvalue weighted by Gasteiger charge is 2.39. The van der Waals surface area contributed by atoms with Crippen LogP contribution in [0.4, 0.5) is 0 Å². The number of hydrogen-bond acceptors (Lipinski definition) is 7. The maximum absolute atomic E-state index is 11.3. The van der Waals surface area contributed by atoms with Gasteiger partial charge in [-0.1, -0.05) is 29.8 Å². The minimum Gasteiger partial charge on any atom is -0.381 e. The molecule has 4 rings (SSSR count). The number of nitrogens with zero attached hydrogens (tertiary/aromatic N) is 4. The Kier molecular flexibility index (Phi) is 6.47. The van der Waals surface area contributed by atoms with Gasteiger partial charge >= 0.3 is 10.1 Å². The molecule has 0 bridgehead atoms. The Hall–Kier alpha value is -2.54. The first kappa shape index (κ1) is 22.6. The summed E-state index contributed by atoms with van der Waals surface area (Å²) in [5.41, 5.74) is 2.80. The van der Waals surface area contributed by atoms with Crippen molar-refractivity contribution in [3.8, 4) is 11.8 Å². The number of aromatic nitrogens is 3. The standard InChI is InChI=1S/C22H21ClN4O3S2/c1-32(28,29)30-21-4-3-19(10-20(21)23)31-12-17-7-16(11-27-15-25-14-26-27)8-18(9-17)22(13-24)5-2-6-22/h3-4,7-10,14-15H,2,5-6,11-12H2,1H3. The van der Waals surface area contributed by atoms with Crippen molar-refractivity contribution < 1.29 is 12.6 Å². The van der Waals surface area contributed by atoms with Gasteiger partial charge in [0.25, 0.3) is 0 Å². The van der Waals surface area contributed by atoms with Crippen LogP contribution in [0, 0.1) is 11.3 Å². The Morgan fingerprint density at radius 3 is 2.62 bits per heavy atom. The normalized spacial score (nSPS) is 15.0. The lowest BCUT2D eigenvalue weighted by atomic mass is 9.65. The van der Waals surface area contributed by atoms with Crippen LogP contribution >= 0.6 is 23.4 Å². The lowest BCUT2D eigenvalue weighted by Crippen LogP contribution is -2.32. The first-order valence-corrected chi connectivity index (χ1v) is 13.1. The maximum atomic E-state index is 11.3. The lowest BCUT2D eigenvalue weighted by Gasteiger charge is -2.36. The summed E-state index contributed by atoms with van der Waals surface area (Å²) in [4.78, 5) is 4.89. The molecule has 0 N–H and O–H groups in total. The number of halogens is 1. The highest BCUT2D eigenvalue weighted by atomic mass is 35.5. The summed E-state index contributed by atoms with van der Waals surface area (Å²) in [5, 5.41) is 14.2.